The third-order valence-corrected chi connectivity index (χ3v) is 1.64. The van der Waals surface area contributed by atoms with E-state index in [1.165, 1.54) is 6.07 Å². The second kappa shape index (κ2) is 5.08. The van der Waals surface area contributed by atoms with E-state index in [9.17, 15) is 4.39 Å². The second-order valence-electron chi connectivity index (χ2n) is 1.36. The molecule has 10 heavy (non-hydrogen) atoms. The second-order valence-corrected chi connectivity index (χ2v) is 2.48. The predicted molar refractivity (Wildman–Crippen MR) is 40.0 cm³/mol. The molecule has 4 heteroatoms. The summed E-state index contributed by atoms with van der Waals surface area (Å²) in [7, 11) is 0. The molecule has 0 amide bonds. The number of thiophene rings is 1. The molecule has 0 spiro atoms. The number of rotatable bonds is 1. The van der Waals surface area contributed by atoms with Gasteiger partial charge in [-0.3, -0.25) is 0 Å². The highest BCUT2D eigenvalue weighted by atomic mass is 32.1. The highest BCUT2D eigenvalue weighted by molar-refractivity contribution is 7.10. The van der Waals surface area contributed by atoms with Gasteiger partial charge in [0.1, 0.15) is 0 Å². The van der Waals surface area contributed by atoms with Crippen LogP contribution in [-0.2, 0) is 6.61 Å². The van der Waals surface area contributed by atoms with Crippen molar-refractivity contribution >= 4 is 18.1 Å². The molecule has 0 fully saturated rings. The molecule has 0 radical (unpaired) electrons. The Hall–Kier alpha value is -0.740. The molecule has 0 saturated heterocycles. The molecule has 2 N–H and O–H groups in total. The van der Waals surface area contributed by atoms with E-state index in [0.717, 1.165) is 11.3 Å². The Labute approximate surface area is 62.5 Å². The van der Waals surface area contributed by atoms with Gasteiger partial charge in [-0.2, -0.15) is 4.39 Å². The lowest BCUT2D eigenvalue weighted by atomic mass is 10.5. The van der Waals surface area contributed by atoms with Gasteiger partial charge in [0.25, 0.3) is 0 Å². The molecule has 1 heterocycles. The van der Waals surface area contributed by atoms with E-state index in [-0.39, 0.29) is 11.7 Å². The third kappa shape index (κ3) is 2.70. The predicted octanol–water partition coefficient (Wildman–Crippen LogP) is 1.65. The van der Waals surface area contributed by atoms with E-state index in [1.54, 1.807) is 6.07 Å². The molecule has 0 bridgehead atoms. The van der Waals surface area contributed by atoms with Crippen molar-refractivity contribution in [3.8, 4) is 0 Å². The molecule has 0 aliphatic heterocycles. The molecule has 0 aromatic carbocycles. The average Bonchev–Trinajstić information content (AvgIpc) is 2.40. The monoisotopic (exact) mass is 161 g/mol. The van der Waals surface area contributed by atoms with Crippen LogP contribution in [0, 0.1) is 10.5 Å². The van der Waals surface area contributed by atoms with Gasteiger partial charge in [-0.05, 0) is 18.9 Å². The summed E-state index contributed by atoms with van der Waals surface area (Å²) in [6.07, 6.45) is 0. The summed E-state index contributed by atoms with van der Waals surface area (Å²) in [4.78, 5) is 0.669. The van der Waals surface area contributed by atoms with Gasteiger partial charge >= 0.3 is 0 Å². The summed E-state index contributed by atoms with van der Waals surface area (Å²) in [5.74, 6) is 0. The van der Waals surface area contributed by atoms with Crippen LogP contribution in [0.2, 0.25) is 0 Å². The number of aliphatic hydroxyl groups excluding tert-OH is 1. The van der Waals surface area contributed by atoms with Crippen molar-refractivity contribution < 1.29 is 9.50 Å². The molecular weight excluding hydrogens is 153 g/mol. The fourth-order valence-corrected chi connectivity index (χ4v) is 1.02. The van der Waals surface area contributed by atoms with Crippen LogP contribution in [0.3, 0.4) is 0 Å². The molecular formula is C6H8FNOS. The van der Waals surface area contributed by atoms with Crippen LogP contribution < -0.4 is 0 Å². The Kier molecular flexibility index (Phi) is 4.70. The lowest BCUT2D eigenvalue weighted by molar-refractivity contribution is 0.285. The van der Waals surface area contributed by atoms with E-state index in [0.29, 0.717) is 4.88 Å². The van der Waals surface area contributed by atoms with Gasteiger partial charge in [0.2, 0.25) is 0 Å². The fourth-order valence-electron chi connectivity index (χ4n) is 0.437. The Bertz CT molecular complexity index is 190. The highest BCUT2D eigenvalue weighted by Gasteiger charge is 1.93. The Morgan fingerprint density at radius 3 is 2.40 bits per heavy atom. The van der Waals surface area contributed by atoms with Crippen LogP contribution in [-0.4, -0.2) is 11.8 Å². The standard InChI is InChI=1S/C5H5FOS.CH3N/c6-5-2-1-4(3-7)8-5;1-2/h1-2,7H,3H2;2H,1H2. The smallest absolute Gasteiger partial charge is 0.176 e. The van der Waals surface area contributed by atoms with Crippen LogP contribution >= 0.6 is 11.3 Å². The van der Waals surface area contributed by atoms with Crippen molar-refractivity contribution in [3.63, 3.8) is 0 Å². The number of halogens is 1. The molecule has 1 aromatic rings. The number of aliphatic hydroxyl groups is 1. The first-order valence-corrected chi connectivity index (χ1v) is 3.35. The van der Waals surface area contributed by atoms with Crippen LogP contribution in [0.25, 0.3) is 0 Å². The zero-order valence-corrected chi connectivity index (χ0v) is 6.12. The van der Waals surface area contributed by atoms with E-state index in [1.807, 2.05) is 0 Å². The summed E-state index contributed by atoms with van der Waals surface area (Å²) in [6, 6.07) is 2.91. The summed E-state index contributed by atoms with van der Waals surface area (Å²) in [5, 5.41) is 13.7. The van der Waals surface area contributed by atoms with E-state index >= 15 is 0 Å². The lowest BCUT2D eigenvalue weighted by Crippen LogP contribution is -1.69. The maximum Gasteiger partial charge on any atom is 0.176 e. The third-order valence-electron chi connectivity index (χ3n) is 0.785. The van der Waals surface area contributed by atoms with Gasteiger partial charge in [0.15, 0.2) is 5.13 Å². The van der Waals surface area contributed by atoms with Crippen molar-refractivity contribution in [1.29, 1.82) is 5.41 Å². The first kappa shape index (κ1) is 9.26. The SMILES string of the molecule is C=N.OCc1ccc(F)s1. The molecule has 0 saturated carbocycles. The quantitative estimate of drug-likeness (QED) is 0.604. The van der Waals surface area contributed by atoms with Crippen molar-refractivity contribution in [2.75, 3.05) is 0 Å². The van der Waals surface area contributed by atoms with Crippen LogP contribution in [0.5, 0.6) is 0 Å². The first-order valence-electron chi connectivity index (χ1n) is 2.53. The maximum absolute atomic E-state index is 12.0. The van der Waals surface area contributed by atoms with Crippen LogP contribution in [0.15, 0.2) is 12.1 Å². The fraction of sp³-hybridized carbons (Fsp3) is 0.167. The highest BCUT2D eigenvalue weighted by Crippen LogP contribution is 2.13. The minimum absolute atomic E-state index is 0.0609. The van der Waals surface area contributed by atoms with E-state index in [4.69, 9.17) is 10.5 Å². The van der Waals surface area contributed by atoms with Gasteiger partial charge in [-0.25, -0.2) is 0 Å². The molecule has 0 aliphatic carbocycles. The van der Waals surface area contributed by atoms with Gasteiger partial charge in [0.05, 0.1) is 6.61 Å². The summed E-state index contributed by atoms with van der Waals surface area (Å²) in [6.45, 7) is 2.44. The molecule has 56 valence electrons. The lowest BCUT2D eigenvalue weighted by Gasteiger charge is -1.79. The minimum Gasteiger partial charge on any atom is -0.391 e. The Morgan fingerprint density at radius 1 is 1.60 bits per heavy atom. The van der Waals surface area contributed by atoms with Gasteiger partial charge < -0.3 is 10.5 Å². The molecule has 0 aliphatic rings. The van der Waals surface area contributed by atoms with Crippen LogP contribution in [0.1, 0.15) is 4.88 Å². The van der Waals surface area contributed by atoms with Gasteiger partial charge in [-0.1, -0.05) is 0 Å². The van der Waals surface area contributed by atoms with E-state index < -0.39 is 0 Å². The van der Waals surface area contributed by atoms with Crippen molar-refractivity contribution in [2.45, 2.75) is 6.61 Å². The Morgan fingerprint density at radius 2 is 2.20 bits per heavy atom. The van der Waals surface area contributed by atoms with Gasteiger partial charge in [0, 0.05) is 4.88 Å². The summed E-state index contributed by atoms with van der Waals surface area (Å²) < 4.78 is 12.0. The molecule has 2 nitrogen and oxygen atoms in total. The topological polar surface area (TPSA) is 44.1 Å². The maximum atomic E-state index is 12.0. The van der Waals surface area contributed by atoms with Crippen molar-refractivity contribution in [2.24, 2.45) is 0 Å². The van der Waals surface area contributed by atoms with Gasteiger partial charge in [-0.15, -0.1) is 11.3 Å². The molecule has 1 rings (SSSR count). The summed E-state index contributed by atoms with van der Waals surface area (Å²) in [5.41, 5.74) is 0. The first-order chi connectivity index (χ1) is 4.83. The number of hydrogen-bond acceptors (Lipinski definition) is 3. The van der Waals surface area contributed by atoms with Crippen LogP contribution in [0.4, 0.5) is 4.39 Å². The normalized spacial score (nSPS) is 8.20. The van der Waals surface area contributed by atoms with Crippen molar-refractivity contribution in [1.82, 2.24) is 0 Å². The number of nitrogens with one attached hydrogen (secondary N) is 1. The van der Waals surface area contributed by atoms with E-state index in [2.05, 4.69) is 6.72 Å². The average molecular weight is 161 g/mol. The van der Waals surface area contributed by atoms with Crippen molar-refractivity contribution in [3.05, 3.63) is 22.1 Å². The molecule has 1 aromatic heterocycles. The molecule has 0 unspecified atom stereocenters. The Balaban J connectivity index is 0.000000371. The summed E-state index contributed by atoms with van der Waals surface area (Å²) >= 11 is 0.971. The zero-order chi connectivity index (χ0) is 7.98. The molecule has 0 atom stereocenters. The minimum atomic E-state index is -0.242. The zero-order valence-electron chi connectivity index (χ0n) is 5.30. The number of hydrogen-bond donors (Lipinski definition) is 2. The largest absolute Gasteiger partial charge is 0.391 e.